The van der Waals surface area contributed by atoms with Crippen molar-refractivity contribution in [1.29, 1.82) is 0 Å². The van der Waals surface area contributed by atoms with Crippen LogP contribution in [-0.2, 0) is 6.42 Å². The van der Waals surface area contributed by atoms with Crippen molar-refractivity contribution < 1.29 is 14.5 Å². The van der Waals surface area contributed by atoms with Crippen molar-refractivity contribution in [3.05, 3.63) is 47.3 Å². The molecule has 0 spiro atoms. The minimum absolute atomic E-state index is 0.126. The number of benzene rings is 1. The van der Waals surface area contributed by atoms with Crippen LogP contribution in [0.1, 0.15) is 21.7 Å². The molecule has 2 rings (SSSR count). The van der Waals surface area contributed by atoms with E-state index < -0.39 is 5.97 Å². The van der Waals surface area contributed by atoms with Gasteiger partial charge in [0.1, 0.15) is 5.69 Å². The molecule has 1 heterocycles. The molecule has 0 atom stereocenters. The SMILES string of the molecule is O=C(O)c1nonc1Cc1ccccc1. The molecular weight excluding hydrogens is 196 g/mol. The Kier molecular flexibility index (Phi) is 2.45. The summed E-state index contributed by atoms with van der Waals surface area (Å²) in [5.74, 6) is -1.12. The summed E-state index contributed by atoms with van der Waals surface area (Å²) in [4.78, 5) is 10.7. The normalized spacial score (nSPS) is 10.1. The molecule has 0 radical (unpaired) electrons. The maximum absolute atomic E-state index is 10.7. The summed E-state index contributed by atoms with van der Waals surface area (Å²) in [7, 11) is 0. The monoisotopic (exact) mass is 204 g/mol. The number of carboxylic acid groups (broad SMARTS) is 1. The molecule has 5 nitrogen and oxygen atoms in total. The van der Waals surface area contributed by atoms with Crippen molar-refractivity contribution in [1.82, 2.24) is 10.3 Å². The quantitative estimate of drug-likeness (QED) is 0.816. The van der Waals surface area contributed by atoms with E-state index in [2.05, 4.69) is 14.9 Å². The molecule has 0 fully saturated rings. The number of carbonyl (C=O) groups is 1. The first-order valence-corrected chi connectivity index (χ1v) is 4.36. The molecule has 0 aliphatic heterocycles. The Morgan fingerprint density at radius 3 is 2.67 bits per heavy atom. The highest BCUT2D eigenvalue weighted by Crippen LogP contribution is 2.10. The second kappa shape index (κ2) is 3.91. The molecule has 0 unspecified atom stereocenters. The maximum Gasteiger partial charge on any atom is 0.360 e. The highest BCUT2D eigenvalue weighted by molar-refractivity contribution is 5.86. The highest BCUT2D eigenvalue weighted by Gasteiger charge is 2.16. The van der Waals surface area contributed by atoms with E-state index in [-0.39, 0.29) is 5.69 Å². The largest absolute Gasteiger partial charge is 0.476 e. The van der Waals surface area contributed by atoms with Crippen molar-refractivity contribution >= 4 is 5.97 Å². The summed E-state index contributed by atoms with van der Waals surface area (Å²) < 4.78 is 4.40. The molecule has 1 N–H and O–H groups in total. The second-order valence-corrected chi connectivity index (χ2v) is 3.03. The molecule has 0 saturated carbocycles. The fourth-order valence-corrected chi connectivity index (χ4v) is 1.27. The van der Waals surface area contributed by atoms with Crippen LogP contribution in [0.2, 0.25) is 0 Å². The zero-order chi connectivity index (χ0) is 10.7. The van der Waals surface area contributed by atoms with E-state index in [1.54, 1.807) is 0 Å². The van der Waals surface area contributed by atoms with Gasteiger partial charge in [0.25, 0.3) is 0 Å². The summed E-state index contributed by atoms with van der Waals surface area (Å²) in [6.07, 6.45) is 0.409. The minimum atomic E-state index is -1.12. The van der Waals surface area contributed by atoms with Crippen LogP contribution in [0.25, 0.3) is 0 Å². The Labute approximate surface area is 85.3 Å². The zero-order valence-electron chi connectivity index (χ0n) is 7.75. The first-order chi connectivity index (χ1) is 7.27. The number of aromatic nitrogens is 2. The van der Waals surface area contributed by atoms with Gasteiger partial charge in [-0.25, -0.2) is 9.42 Å². The smallest absolute Gasteiger partial charge is 0.360 e. The van der Waals surface area contributed by atoms with Gasteiger partial charge in [0, 0.05) is 6.42 Å². The van der Waals surface area contributed by atoms with Gasteiger partial charge in [0.2, 0.25) is 5.69 Å². The molecule has 0 saturated heterocycles. The van der Waals surface area contributed by atoms with E-state index in [9.17, 15) is 4.79 Å². The molecule has 0 bridgehead atoms. The van der Waals surface area contributed by atoms with E-state index in [0.717, 1.165) is 5.56 Å². The summed E-state index contributed by atoms with van der Waals surface area (Å²) >= 11 is 0. The minimum Gasteiger partial charge on any atom is -0.476 e. The third-order valence-corrected chi connectivity index (χ3v) is 1.97. The van der Waals surface area contributed by atoms with E-state index in [0.29, 0.717) is 12.1 Å². The Bertz CT molecular complexity index is 465. The molecule has 1 aromatic carbocycles. The molecule has 0 aliphatic rings. The number of hydrogen-bond acceptors (Lipinski definition) is 4. The van der Waals surface area contributed by atoms with Crippen LogP contribution in [0.3, 0.4) is 0 Å². The molecule has 5 heteroatoms. The molecule has 1 aromatic heterocycles. The van der Waals surface area contributed by atoms with Crippen LogP contribution >= 0.6 is 0 Å². The van der Waals surface area contributed by atoms with E-state index in [4.69, 9.17) is 5.11 Å². The Morgan fingerprint density at radius 2 is 2.00 bits per heavy atom. The van der Waals surface area contributed by atoms with E-state index in [1.165, 1.54) is 0 Å². The molecule has 0 aliphatic carbocycles. The van der Waals surface area contributed by atoms with Gasteiger partial charge in [-0.1, -0.05) is 35.5 Å². The van der Waals surface area contributed by atoms with Crippen molar-refractivity contribution in [2.24, 2.45) is 0 Å². The third-order valence-electron chi connectivity index (χ3n) is 1.97. The van der Waals surface area contributed by atoms with Crippen molar-refractivity contribution in [2.45, 2.75) is 6.42 Å². The van der Waals surface area contributed by atoms with Gasteiger partial charge in [0.05, 0.1) is 0 Å². The lowest BCUT2D eigenvalue weighted by Crippen LogP contribution is -2.02. The lowest BCUT2D eigenvalue weighted by molar-refractivity contribution is 0.0684. The average molecular weight is 204 g/mol. The predicted octanol–water partition coefficient (Wildman–Crippen LogP) is 1.36. The second-order valence-electron chi connectivity index (χ2n) is 3.03. The summed E-state index contributed by atoms with van der Waals surface area (Å²) in [6.45, 7) is 0. The highest BCUT2D eigenvalue weighted by atomic mass is 16.6. The Balaban J connectivity index is 2.25. The summed E-state index contributed by atoms with van der Waals surface area (Å²) in [5, 5.41) is 15.7. The molecule has 76 valence electrons. The van der Waals surface area contributed by atoms with Gasteiger partial charge in [-0.05, 0) is 10.7 Å². The number of nitrogens with zero attached hydrogens (tertiary/aromatic N) is 2. The van der Waals surface area contributed by atoms with Crippen molar-refractivity contribution in [3.8, 4) is 0 Å². The Morgan fingerprint density at radius 1 is 1.27 bits per heavy atom. The lowest BCUT2D eigenvalue weighted by atomic mass is 10.1. The average Bonchev–Trinajstić information content (AvgIpc) is 2.67. The zero-order valence-corrected chi connectivity index (χ0v) is 7.75. The lowest BCUT2D eigenvalue weighted by Gasteiger charge is -1.96. The third kappa shape index (κ3) is 2.01. The molecule has 0 amide bonds. The molecule has 2 aromatic rings. The van der Waals surface area contributed by atoms with Crippen LogP contribution < -0.4 is 0 Å². The Hall–Kier alpha value is -2.17. The van der Waals surface area contributed by atoms with Crippen LogP contribution in [-0.4, -0.2) is 21.4 Å². The van der Waals surface area contributed by atoms with Crippen LogP contribution in [0, 0.1) is 0 Å². The fraction of sp³-hybridized carbons (Fsp3) is 0.100. The van der Waals surface area contributed by atoms with Gasteiger partial charge >= 0.3 is 5.97 Å². The predicted molar refractivity (Wildman–Crippen MR) is 50.5 cm³/mol. The number of rotatable bonds is 3. The number of hydrogen-bond donors (Lipinski definition) is 1. The van der Waals surface area contributed by atoms with Gasteiger partial charge in [0.15, 0.2) is 0 Å². The van der Waals surface area contributed by atoms with Crippen LogP contribution in [0.5, 0.6) is 0 Å². The fourth-order valence-electron chi connectivity index (χ4n) is 1.27. The van der Waals surface area contributed by atoms with Crippen LogP contribution in [0.15, 0.2) is 35.0 Å². The van der Waals surface area contributed by atoms with E-state index >= 15 is 0 Å². The first-order valence-electron chi connectivity index (χ1n) is 4.36. The van der Waals surface area contributed by atoms with Gasteiger partial charge in [-0.3, -0.25) is 0 Å². The summed E-state index contributed by atoms with van der Waals surface area (Å²) in [5.41, 5.74) is 1.18. The van der Waals surface area contributed by atoms with Crippen molar-refractivity contribution in [2.75, 3.05) is 0 Å². The van der Waals surface area contributed by atoms with E-state index in [1.807, 2.05) is 30.3 Å². The van der Waals surface area contributed by atoms with Crippen molar-refractivity contribution in [3.63, 3.8) is 0 Å². The first kappa shape index (κ1) is 9.39. The standard InChI is InChI=1S/C10H8N2O3/c13-10(14)9-8(11-15-12-9)6-7-4-2-1-3-5-7/h1-5H,6H2,(H,13,14). The molecule has 15 heavy (non-hydrogen) atoms. The van der Waals surface area contributed by atoms with Gasteiger partial charge in [-0.2, -0.15) is 0 Å². The van der Waals surface area contributed by atoms with Crippen LogP contribution in [0.4, 0.5) is 0 Å². The topological polar surface area (TPSA) is 76.2 Å². The van der Waals surface area contributed by atoms with Gasteiger partial charge in [-0.15, -0.1) is 0 Å². The number of carboxylic acids is 1. The number of aromatic carboxylic acids is 1. The maximum atomic E-state index is 10.7. The molecular formula is C10H8N2O3. The summed E-state index contributed by atoms with van der Waals surface area (Å²) in [6, 6.07) is 9.43. The van der Waals surface area contributed by atoms with Gasteiger partial charge < -0.3 is 5.11 Å².